The summed E-state index contributed by atoms with van der Waals surface area (Å²) in [7, 11) is 0. The number of aryl methyl sites for hydroxylation is 1. The third-order valence-corrected chi connectivity index (χ3v) is 4.56. The predicted octanol–water partition coefficient (Wildman–Crippen LogP) is 5.15. The van der Waals surface area contributed by atoms with Gasteiger partial charge in [0.25, 0.3) is 5.91 Å². The van der Waals surface area contributed by atoms with Crippen LogP contribution in [-0.2, 0) is 6.61 Å². The largest absolute Gasteiger partial charge is 0.493 e. The van der Waals surface area contributed by atoms with Gasteiger partial charge in [-0.3, -0.25) is 4.79 Å². The minimum absolute atomic E-state index is 0.0917. The Morgan fingerprint density at radius 1 is 1.15 bits per heavy atom. The van der Waals surface area contributed by atoms with Gasteiger partial charge in [-0.15, -0.1) is 0 Å². The van der Waals surface area contributed by atoms with E-state index in [2.05, 4.69) is 5.32 Å². The van der Waals surface area contributed by atoms with Gasteiger partial charge in [0.15, 0.2) is 0 Å². The van der Waals surface area contributed by atoms with Crippen molar-refractivity contribution in [3.8, 4) is 11.5 Å². The van der Waals surface area contributed by atoms with Crippen molar-refractivity contribution >= 4 is 17.5 Å². The van der Waals surface area contributed by atoms with E-state index in [1.165, 1.54) is 0 Å². The maximum absolute atomic E-state index is 12.4. The first-order chi connectivity index (χ1) is 12.4. The molecule has 4 nitrogen and oxygen atoms in total. The van der Waals surface area contributed by atoms with Crippen molar-refractivity contribution < 1.29 is 14.3 Å². The zero-order valence-corrected chi connectivity index (χ0v) is 16.5. The summed E-state index contributed by atoms with van der Waals surface area (Å²) < 4.78 is 11.6. The molecule has 0 unspecified atom stereocenters. The molecule has 2 rings (SSSR count). The molecule has 0 aromatic heterocycles. The van der Waals surface area contributed by atoms with E-state index in [1.807, 2.05) is 58.0 Å². The van der Waals surface area contributed by atoms with E-state index in [4.69, 9.17) is 21.1 Å². The van der Waals surface area contributed by atoms with Gasteiger partial charge in [0.2, 0.25) is 0 Å². The highest BCUT2D eigenvalue weighted by Crippen LogP contribution is 2.25. The van der Waals surface area contributed by atoms with Gasteiger partial charge in [0.1, 0.15) is 18.1 Å². The van der Waals surface area contributed by atoms with Crippen LogP contribution in [0.25, 0.3) is 0 Å². The molecule has 0 spiro atoms. The summed E-state index contributed by atoms with van der Waals surface area (Å²) in [5.74, 6) is 1.35. The topological polar surface area (TPSA) is 47.6 Å². The van der Waals surface area contributed by atoms with E-state index in [0.717, 1.165) is 29.0 Å². The summed E-state index contributed by atoms with van der Waals surface area (Å²) in [6, 6.07) is 11.1. The second kappa shape index (κ2) is 9.48. The van der Waals surface area contributed by atoms with E-state index in [1.54, 1.807) is 6.07 Å². The van der Waals surface area contributed by atoms with Crippen molar-refractivity contribution in [3.05, 3.63) is 58.1 Å². The molecule has 1 atom stereocenters. The SMILES string of the molecule is CCOc1ccc(C(=O)N[C@@H](C)CC)cc1COc1ccc(Cl)c(C)c1. The van der Waals surface area contributed by atoms with Crippen LogP contribution in [0.15, 0.2) is 36.4 Å². The summed E-state index contributed by atoms with van der Waals surface area (Å²) >= 11 is 6.05. The summed E-state index contributed by atoms with van der Waals surface area (Å²) in [5, 5.41) is 3.68. The number of halogens is 1. The molecule has 26 heavy (non-hydrogen) atoms. The van der Waals surface area contributed by atoms with Crippen LogP contribution in [0.3, 0.4) is 0 Å². The highest BCUT2D eigenvalue weighted by atomic mass is 35.5. The van der Waals surface area contributed by atoms with Crippen molar-refractivity contribution in [2.45, 2.75) is 46.8 Å². The lowest BCUT2D eigenvalue weighted by molar-refractivity contribution is 0.0939. The normalized spacial score (nSPS) is 11.7. The number of benzene rings is 2. The number of carbonyl (C=O) groups excluding carboxylic acids is 1. The average molecular weight is 376 g/mol. The van der Waals surface area contributed by atoms with Gasteiger partial charge in [-0.25, -0.2) is 0 Å². The molecule has 1 N–H and O–H groups in total. The molecule has 0 aliphatic carbocycles. The van der Waals surface area contributed by atoms with Gasteiger partial charge >= 0.3 is 0 Å². The van der Waals surface area contributed by atoms with E-state index < -0.39 is 0 Å². The third-order valence-electron chi connectivity index (χ3n) is 4.14. The second-order valence-electron chi connectivity index (χ2n) is 6.24. The van der Waals surface area contributed by atoms with Crippen LogP contribution < -0.4 is 14.8 Å². The number of carbonyl (C=O) groups is 1. The lowest BCUT2D eigenvalue weighted by atomic mass is 10.1. The Morgan fingerprint density at radius 2 is 1.92 bits per heavy atom. The Hall–Kier alpha value is -2.20. The minimum Gasteiger partial charge on any atom is -0.493 e. The predicted molar refractivity (Wildman–Crippen MR) is 105 cm³/mol. The Kier molecular flexibility index (Phi) is 7.34. The fourth-order valence-electron chi connectivity index (χ4n) is 2.41. The standard InChI is InChI=1S/C21H26ClNO3/c1-5-15(4)23-21(24)16-7-10-20(25-6-2)17(12-16)13-26-18-8-9-19(22)14(3)11-18/h7-12,15H,5-6,13H2,1-4H3,(H,23,24)/t15-/m0/s1. The molecule has 1 amide bonds. The number of nitrogens with one attached hydrogen (secondary N) is 1. The number of ether oxygens (including phenoxy) is 2. The lowest BCUT2D eigenvalue weighted by Gasteiger charge is -2.15. The molecule has 2 aromatic carbocycles. The summed E-state index contributed by atoms with van der Waals surface area (Å²) in [4.78, 5) is 12.4. The zero-order chi connectivity index (χ0) is 19.1. The molecule has 0 saturated heterocycles. The molecule has 5 heteroatoms. The second-order valence-corrected chi connectivity index (χ2v) is 6.65. The molecule has 2 aromatic rings. The van der Waals surface area contributed by atoms with Crippen molar-refractivity contribution in [2.24, 2.45) is 0 Å². The Bertz CT molecular complexity index is 761. The Labute approximate surface area is 160 Å². The molecule has 0 fully saturated rings. The Balaban J connectivity index is 2.19. The fraction of sp³-hybridized carbons (Fsp3) is 0.381. The van der Waals surface area contributed by atoms with Gasteiger partial charge in [-0.2, -0.15) is 0 Å². The summed E-state index contributed by atoms with van der Waals surface area (Å²) in [5.41, 5.74) is 2.38. The molecule has 0 bridgehead atoms. The van der Waals surface area contributed by atoms with Gasteiger partial charge in [0, 0.05) is 22.2 Å². The van der Waals surface area contributed by atoms with Crippen LogP contribution in [0.5, 0.6) is 11.5 Å². The highest BCUT2D eigenvalue weighted by Gasteiger charge is 2.13. The molecule has 0 aliphatic rings. The first-order valence-corrected chi connectivity index (χ1v) is 9.27. The van der Waals surface area contributed by atoms with Gasteiger partial charge in [0.05, 0.1) is 6.61 Å². The maximum atomic E-state index is 12.4. The van der Waals surface area contributed by atoms with E-state index in [0.29, 0.717) is 23.8 Å². The van der Waals surface area contributed by atoms with Crippen molar-refractivity contribution in [2.75, 3.05) is 6.61 Å². The fourth-order valence-corrected chi connectivity index (χ4v) is 2.52. The molecule has 0 aliphatic heterocycles. The van der Waals surface area contributed by atoms with Crippen molar-refractivity contribution in [1.29, 1.82) is 0 Å². The smallest absolute Gasteiger partial charge is 0.251 e. The van der Waals surface area contributed by atoms with Crippen LogP contribution in [-0.4, -0.2) is 18.6 Å². The minimum atomic E-state index is -0.0917. The first-order valence-electron chi connectivity index (χ1n) is 8.90. The van der Waals surface area contributed by atoms with E-state index >= 15 is 0 Å². The molecule has 0 saturated carbocycles. The molecule has 140 valence electrons. The lowest BCUT2D eigenvalue weighted by Crippen LogP contribution is -2.32. The molecular formula is C21H26ClNO3. The van der Waals surface area contributed by atoms with Crippen LogP contribution >= 0.6 is 11.6 Å². The summed E-state index contributed by atoms with van der Waals surface area (Å²) in [6.07, 6.45) is 0.884. The van der Waals surface area contributed by atoms with Crippen LogP contribution in [0.2, 0.25) is 5.02 Å². The van der Waals surface area contributed by atoms with Gasteiger partial charge in [-0.05, 0) is 69.2 Å². The molecular weight excluding hydrogens is 350 g/mol. The number of hydrogen-bond donors (Lipinski definition) is 1. The average Bonchev–Trinajstić information content (AvgIpc) is 2.63. The summed E-state index contributed by atoms with van der Waals surface area (Å²) in [6.45, 7) is 8.74. The van der Waals surface area contributed by atoms with E-state index in [-0.39, 0.29) is 11.9 Å². The van der Waals surface area contributed by atoms with Gasteiger partial charge < -0.3 is 14.8 Å². The Morgan fingerprint density at radius 3 is 2.58 bits per heavy atom. The number of amides is 1. The van der Waals surface area contributed by atoms with Crippen LogP contribution in [0.4, 0.5) is 0 Å². The molecule has 0 heterocycles. The quantitative estimate of drug-likeness (QED) is 0.693. The maximum Gasteiger partial charge on any atom is 0.251 e. The number of rotatable bonds is 8. The van der Waals surface area contributed by atoms with Crippen molar-refractivity contribution in [3.63, 3.8) is 0 Å². The van der Waals surface area contributed by atoms with Crippen molar-refractivity contribution in [1.82, 2.24) is 5.32 Å². The van der Waals surface area contributed by atoms with Gasteiger partial charge in [-0.1, -0.05) is 18.5 Å². The van der Waals surface area contributed by atoms with Crippen LogP contribution in [0, 0.1) is 6.92 Å². The monoisotopic (exact) mass is 375 g/mol. The zero-order valence-electron chi connectivity index (χ0n) is 15.8. The first kappa shape index (κ1) is 20.1. The third kappa shape index (κ3) is 5.40. The number of hydrogen-bond acceptors (Lipinski definition) is 3. The highest BCUT2D eigenvalue weighted by molar-refractivity contribution is 6.31. The molecule has 0 radical (unpaired) electrons. The van der Waals surface area contributed by atoms with E-state index in [9.17, 15) is 4.79 Å². The van der Waals surface area contributed by atoms with Crippen LogP contribution in [0.1, 0.15) is 48.7 Å².